The Morgan fingerprint density at radius 1 is 1.42 bits per heavy atom. The van der Waals surface area contributed by atoms with Gasteiger partial charge in [-0.3, -0.25) is 9.59 Å². The molecule has 0 spiro atoms. The van der Waals surface area contributed by atoms with E-state index in [2.05, 4.69) is 15.5 Å². The molecule has 0 radical (unpaired) electrons. The molecule has 19 heavy (non-hydrogen) atoms. The van der Waals surface area contributed by atoms with Gasteiger partial charge in [0.1, 0.15) is 5.78 Å². The molecule has 0 aliphatic carbocycles. The van der Waals surface area contributed by atoms with Crippen molar-refractivity contribution in [1.29, 1.82) is 0 Å². The van der Waals surface area contributed by atoms with E-state index in [0.29, 0.717) is 19.4 Å². The quantitative estimate of drug-likeness (QED) is 0.778. The van der Waals surface area contributed by atoms with Crippen molar-refractivity contribution in [2.75, 3.05) is 18.4 Å². The molecular weight excluding hydrogens is 292 g/mol. The predicted molar refractivity (Wildman–Crippen MR) is 67.2 cm³/mol. The molecule has 1 aliphatic heterocycles. The topological polar surface area (TPSA) is 109 Å². The fraction of sp³-hybridized carbons (Fsp3) is 0.556. The standard InChI is InChI=1S/C9H12N4O4S2/c1-6(14)10-8-11-12-9(18-8)19(16,17)13-4-2-3-7(15)5-13/h2-5H2,1H3,(H,10,11,14). The summed E-state index contributed by atoms with van der Waals surface area (Å²) < 4.78 is 25.3. The SMILES string of the molecule is CC(=O)Nc1nnc(S(=O)(=O)N2CCCC(=O)C2)s1. The number of hydrogen-bond acceptors (Lipinski definition) is 7. The molecule has 0 bridgehead atoms. The van der Waals surface area contributed by atoms with Crippen LogP contribution in [-0.2, 0) is 19.6 Å². The van der Waals surface area contributed by atoms with Gasteiger partial charge in [0.25, 0.3) is 10.0 Å². The molecule has 2 rings (SSSR count). The summed E-state index contributed by atoms with van der Waals surface area (Å²) >= 11 is 0.768. The molecule has 104 valence electrons. The summed E-state index contributed by atoms with van der Waals surface area (Å²) in [4.78, 5) is 22.1. The molecule has 8 nitrogen and oxygen atoms in total. The lowest BCUT2D eigenvalue weighted by Gasteiger charge is -2.23. The van der Waals surface area contributed by atoms with Crippen molar-refractivity contribution in [3.05, 3.63) is 0 Å². The van der Waals surface area contributed by atoms with Gasteiger partial charge in [0.15, 0.2) is 0 Å². The fourth-order valence-corrected chi connectivity index (χ4v) is 4.18. The van der Waals surface area contributed by atoms with Gasteiger partial charge in [-0.15, -0.1) is 10.2 Å². The summed E-state index contributed by atoms with van der Waals surface area (Å²) in [5, 5.41) is 9.62. The molecule has 1 aliphatic rings. The van der Waals surface area contributed by atoms with E-state index in [0.717, 1.165) is 15.6 Å². The lowest BCUT2D eigenvalue weighted by Crippen LogP contribution is -2.40. The molecule has 1 aromatic rings. The first-order chi connectivity index (χ1) is 8.89. The van der Waals surface area contributed by atoms with E-state index in [1.807, 2.05) is 0 Å². The van der Waals surface area contributed by atoms with Crippen LogP contribution in [0.3, 0.4) is 0 Å². The van der Waals surface area contributed by atoms with Crippen LogP contribution in [-0.4, -0.2) is 47.7 Å². The zero-order chi connectivity index (χ0) is 14.0. The van der Waals surface area contributed by atoms with E-state index in [4.69, 9.17) is 0 Å². The Hall–Kier alpha value is -1.39. The summed E-state index contributed by atoms with van der Waals surface area (Å²) in [6, 6.07) is 0. The Bertz CT molecular complexity index is 609. The van der Waals surface area contributed by atoms with Gasteiger partial charge < -0.3 is 5.32 Å². The summed E-state index contributed by atoms with van der Waals surface area (Å²) in [5.41, 5.74) is 0. The zero-order valence-electron chi connectivity index (χ0n) is 10.1. The molecule has 1 fully saturated rings. The third kappa shape index (κ3) is 3.14. The minimum atomic E-state index is -3.80. The van der Waals surface area contributed by atoms with E-state index >= 15 is 0 Å². The lowest BCUT2D eigenvalue weighted by atomic mass is 10.1. The third-order valence-corrected chi connectivity index (χ3v) is 5.50. The average molecular weight is 304 g/mol. The van der Waals surface area contributed by atoms with E-state index in [1.165, 1.54) is 6.92 Å². The highest BCUT2D eigenvalue weighted by Crippen LogP contribution is 2.24. The van der Waals surface area contributed by atoms with Crippen molar-refractivity contribution >= 4 is 38.2 Å². The van der Waals surface area contributed by atoms with Crippen LogP contribution < -0.4 is 5.32 Å². The van der Waals surface area contributed by atoms with E-state index in [9.17, 15) is 18.0 Å². The molecule has 0 aromatic carbocycles. The van der Waals surface area contributed by atoms with Gasteiger partial charge in [0, 0.05) is 19.9 Å². The number of aromatic nitrogens is 2. The number of nitrogens with zero attached hydrogens (tertiary/aromatic N) is 3. The maximum absolute atomic E-state index is 12.2. The first-order valence-corrected chi connectivity index (χ1v) is 7.78. The van der Waals surface area contributed by atoms with Crippen molar-refractivity contribution in [2.45, 2.75) is 24.1 Å². The van der Waals surface area contributed by atoms with E-state index in [-0.39, 0.29) is 27.7 Å². The molecular formula is C9H12N4O4S2. The highest BCUT2D eigenvalue weighted by atomic mass is 32.2. The Morgan fingerprint density at radius 2 is 2.16 bits per heavy atom. The van der Waals surface area contributed by atoms with Crippen LogP contribution in [0.2, 0.25) is 0 Å². The second kappa shape index (κ2) is 5.31. The number of anilines is 1. The number of Topliss-reactive ketones (excluding diaryl/α,β-unsaturated/α-hetero) is 1. The maximum Gasteiger partial charge on any atom is 0.272 e. The number of sulfonamides is 1. The average Bonchev–Trinajstić information content (AvgIpc) is 2.77. The summed E-state index contributed by atoms with van der Waals surface area (Å²) in [5.74, 6) is -0.463. The Kier molecular flexibility index (Phi) is 3.92. The number of carbonyl (C=O) groups excluding carboxylic acids is 2. The Morgan fingerprint density at radius 3 is 2.79 bits per heavy atom. The van der Waals surface area contributed by atoms with Gasteiger partial charge in [0.05, 0.1) is 6.54 Å². The molecule has 1 amide bonds. The number of ketones is 1. The minimum absolute atomic E-state index is 0.110. The minimum Gasteiger partial charge on any atom is -0.301 e. The first-order valence-electron chi connectivity index (χ1n) is 5.52. The molecule has 1 aromatic heterocycles. The third-order valence-electron chi connectivity index (χ3n) is 2.47. The highest BCUT2D eigenvalue weighted by molar-refractivity contribution is 7.91. The number of carbonyl (C=O) groups is 2. The number of rotatable bonds is 3. The van der Waals surface area contributed by atoms with Crippen molar-refractivity contribution in [1.82, 2.24) is 14.5 Å². The molecule has 0 unspecified atom stereocenters. The van der Waals surface area contributed by atoms with Gasteiger partial charge in [-0.05, 0) is 6.42 Å². The molecule has 1 saturated heterocycles. The highest BCUT2D eigenvalue weighted by Gasteiger charge is 2.32. The maximum atomic E-state index is 12.2. The smallest absolute Gasteiger partial charge is 0.272 e. The van der Waals surface area contributed by atoms with Crippen molar-refractivity contribution < 1.29 is 18.0 Å². The van der Waals surface area contributed by atoms with Crippen molar-refractivity contribution in [3.8, 4) is 0 Å². The first kappa shape index (κ1) is 14.0. The van der Waals surface area contributed by atoms with Crippen LogP contribution in [0.15, 0.2) is 4.34 Å². The second-order valence-electron chi connectivity index (χ2n) is 4.04. The van der Waals surface area contributed by atoms with Crippen LogP contribution in [0.5, 0.6) is 0 Å². The molecule has 0 saturated carbocycles. The molecule has 0 atom stereocenters. The number of nitrogens with one attached hydrogen (secondary N) is 1. The van der Waals surface area contributed by atoms with Gasteiger partial charge in [-0.25, -0.2) is 8.42 Å². The fourth-order valence-electron chi connectivity index (χ4n) is 1.64. The van der Waals surface area contributed by atoms with Gasteiger partial charge in [-0.2, -0.15) is 4.31 Å². The van der Waals surface area contributed by atoms with Crippen LogP contribution in [0.25, 0.3) is 0 Å². The Balaban J connectivity index is 2.21. The molecule has 1 N–H and O–H groups in total. The van der Waals surface area contributed by atoms with Crippen LogP contribution in [0.4, 0.5) is 5.13 Å². The monoisotopic (exact) mass is 304 g/mol. The van der Waals surface area contributed by atoms with Gasteiger partial charge in [0.2, 0.25) is 15.4 Å². The van der Waals surface area contributed by atoms with E-state index in [1.54, 1.807) is 0 Å². The van der Waals surface area contributed by atoms with Crippen LogP contribution in [0, 0.1) is 0 Å². The summed E-state index contributed by atoms with van der Waals surface area (Å²) in [7, 11) is -3.80. The van der Waals surface area contributed by atoms with Crippen LogP contribution >= 0.6 is 11.3 Å². The predicted octanol–water partition coefficient (Wildman–Crippen LogP) is -0.150. The van der Waals surface area contributed by atoms with Crippen LogP contribution in [0.1, 0.15) is 19.8 Å². The molecule has 2 heterocycles. The molecule has 10 heteroatoms. The lowest BCUT2D eigenvalue weighted by molar-refractivity contribution is -0.120. The Labute approximate surface area is 113 Å². The van der Waals surface area contributed by atoms with Crippen molar-refractivity contribution in [3.63, 3.8) is 0 Å². The number of hydrogen-bond donors (Lipinski definition) is 1. The summed E-state index contributed by atoms with van der Waals surface area (Å²) in [6.07, 6.45) is 0.911. The zero-order valence-corrected chi connectivity index (χ0v) is 11.8. The van der Waals surface area contributed by atoms with E-state index < -0.39 is 10.0 Å². The number of amides is 1. The summed E-state index contributed by atoms with van der Waals surface area (Å²) in [6.45, 7) is 1.46. The van der Waals surface area contributed by atoms with Crippen molar-refractivity contribution in [2.24, 2.45) is 0 Å². The van der Waals surface area contributed by atoms with Gasteiger partial charge in [-0.1, -0.05) is 11.3 Å². The number of piperidine rings is 1. The second-order valence-corrected chi connectivity index (χ2v) is 7.12. The largest absolute Gasteiger partial charge is 0.301 e. The van der Waals surface area contributed by atoms with Gasteiger partial charge >= 0.3 is 0 Å². The normalized spacial score (nSPS) is 17.4.